The summed E-state index contributed by atoms with van der Waals surface area (Å²) >= 11 is 1.48. The number of anilines is 1. The highest BCUT2D eigenvalue weighted by atomic mass is 32.1. The van der Waals surface area contributed by atoms with Crippen molar-refractivity contribution in [2.75, 3.05) is 12.3 Å². The highest BCUT2D eigenvalue weighted by Crippen LogP contribution is 2.14. The second kappa shape index (κ2) is 8.15. The van der Waals surface area contributed by atoms with Gasteiger partial charge in [0.2, 0.25) is 0 Å². The quantitative estimate of drug-likeness (QED) is 0.837. The van der Waals surface area contributed by atoms with Crippen LogP contribution in [0.5, 0.6) is 0 Å². The van der Waals surface area contributed by atoms with E-state index in [2.05, 4.69) is 34.6 Å². The fourth-order valence-corrected chi connectivity index (χ4v) is 2.80. The Labute approximate surface area is 147 Å². The van der Waals surface area contributed by atoms with Crippen LogP contribution < -0.4 is 11.1 Å². The zero-order chi connectivity index (χ0) is 17.6. The monoisotopic (exact) mass is 347 g/mol. The fraction of sp³-hybridized carbons (Fsp3) is 0.444. The van der Waals surface area contributed by atoms with Crippen LogP contribution in [-0.4, -0.2) is 23.2 Å². The van der Waals surface area contributed by atoms with Crippen LogP contribution in [0.25, 0.3) is 0 Å². The molecule has 0 radical (unpaired) electrons. The Morgan fingerprint density at radius 1 is 1.17 bits per heavy atom. The molecule has 1 aromatic carbocycles. The summed E-state index contributed by atoms with van der Waals surface area (Å²) in [5.41, 5.74) is 8.67. The lowest BCUT2D eigenvalue weighted by atomic mass is 10.0. The van der Waals surface area contributed by atoms with E-state index in [0.717, 1.165) is 25.0 Å². The maximum absolute atomic E-state index is 11.6. The van der Waals surface area contributed by atoms with Crippen molar-refractivity contribution in [3.05, 3.63) is 46.5 Å². The van der Waals surface area contributed by atoms with Crippen molar-refractivity contribution in [1.29, 1.82) is 0 Å². The van der Waals surface area contributed by atoms with Gasteiger partial charge in [0.05, 0.1) is 5.69 Å². The van der Waals surface area contributed by atoms with E-state index in [9.17, 15) is 4.79 Å². The summed E-state index contributed by atoms with van der Waals surface area (Å²) in [7, 11) is 0. The van der Waals surface area contributed by atoms with E-state index >= 15 is 0 Å². The van der Waals surface area contributed by atoms with Crippen molar-refractivity contribution in [3.63, 3.8) is 0 Å². The largest absolute Gasteiger partial charge is 0.444 e. The Bertz CT molecular complexity index is 660. The lowest BCUT2D eigenvalue weighted by Gasteiger charge is -2.19. The Morgan fingerprint density at radius 2 is 1.79 bits per heavy atom. The van der Waals surface area contributed by atoms with Gasteiger partial charge in [0.1, 0.15) is 5.60 Å². The van der Waals surface area contributed by atoms with Gasteiger partial charge in [-0.15, -0.1) is 11.3 Å². The minimum Gasteiger partial charge on any atom is -0.444 e. The first kappa shape index (κ1) is 18.3. The van der Waals surface area contributed by atoms with Crippen LogP contribution in [0.3, 0.4) is 0 Å². The average Bonchev–Trinajstić information content (AvgIpc) is 2.90. The van der Waals surface area contributed by atoms with Gasteiger partial charge in [-0.1, -0.05) is 24.3 Å². The van der Waals surface area contributed by atoms with Gasteiger partial charge in [0.15, 0.2) is 5.13 Å². The lowest BCUT2D eigenvalue weighted by molar-refractivity contribution is 0.0528. The molecule has 0 fully saturated rings. The predicted molar refractivity (Wildman–Crippen MR) is 98.3 cm³/mol. The first-order chi connectivity index (χ1) is 11.3. The summed E-state index contributed by atoms with van der Waals surface area (Å²) in [5.74, 6) is 0. The van der Waals surface area contributed by atoms with Crippen molar-refractivity contribution in [3.8, 4) is 0 Å². The van der Waals surface area contributed by atoms with Crippen LogP contribution in [0.4, 0.5) is 9.93 Å². The number of nitrogen functional groups attached to an aromatic ring is 1. The van der Waals surface area contributed by atoms with Crippen LogP contribution in [-0.2, 0) is 24.0 Å². The predicted octanol–water partition coefficient (Wildman–Crippen LogP) is 3.58. The molecule has 0 spiro atoms. The van der Waals surface area contributed by atoms with Crippen LogP contribution in [0.15, 0.2) is 29.6 Å². The zero-order valence-corrected chi connectivity index (χ0v) is 15.3. The van der Waals surface area contributed by atoms with Gasteiger partial charge in [-0.2, -0.15) is 0 Å². The van der Waals surface area contributed by atoms with Gasteiger partial charge in [-0.25, -0.2) is 9.78 Å². The van der Waals surface area contributed by atoms with Crippen LogP contribution in [0.1, 0.15) is 37.6 Å². The number of aromatic nitrogens is 1. The molecular formula is C18H25N3O2S. The SMILES string of the molecule is CC(C)(C)OC(=O)NCCc1ccc(CCc2csc(N)n2)cc1. The van der Waals surface area contributed by atoms with E-state index in [1.807, 2.05) is 26.2 Å². The van der Waals surface area contributed by atoms with Gasteiger partial charge >= 0.3 is 6.09 Å². The summed E-state index contributed by atoms with van der Waals surface area (Å²) in [6, 6.07) is 8.44. The van der Waals surface area contributed by atoms with Crippen molar-refractivity contribution in [2.45, 2.75) is 45.6 Å². The third kappa shape index (κ3) is 6.58. The zero-order valence-electron chi connectivity index (χ0n) is 14.5. The van der Waals surface area contributed by atoms with E-state index in [0.29, 0.717) is 11.7 Å². The molecule has 130 valence electrons. The van der Waals surface area contributed by atoms with Gasteiger partial charge < -0.3 is 15.8 Å². The summed E-state index contributed by atoms with van der Waals surface area (Å²) in [4.78, 5) is 15.8. The van der Waals surface area contributed by atoms with Gasteiger partial charge in [0.25, 0.3) is 0 Å². The van der Waals surface area contributed by atoms with Crippen molar-refractivity contribution >= 4 is 22.6 Å². The molecule has 0 saturated heterocycles. The summed E-state index contributed by atoms with van der Waals surface area (Å²) in [6.07, 6.45) is 2.25. The molecule has 24 heavy (non-hydrogen) atoms. The van der Waals surface area contributed by atoms with E-state index < -0.39 is 5.60 Å². The van der Waals surface area contributed by atoms with E-state index in [1.54, 1.807) is 0 Å². The molecule has 0 aliphatic carbocycles. The molecule has 0 saturated carbocycles. The van der Waals surface area contributed by atoms with Crippen LogP contribution in [0, 0.1) is 0 Å². The van der Waals surface area contributed by atoms with Crippen molar-refractivity contribution < 1.29 is 9.53 Å². The summed E-state index contributed by atoms with van der Waals surface area (Å²) < 4.78 is 5.21. The first-order valence-corrected chi connectivity index (χ1v) is 8.94. The second-order valence-corrected chi connectivity index (χ2v) is 7.56. The Balaban J connectivity index is 1.72. The van der Waals surface area contributed by atoms with E-state index in [-0.39, 0.29) is 6.09 Å². The molecule has 5 nitrogen and oxygen atoms in total. The number of hydrogen-bond donors (Lipinski definition) is 2. The van der Waals surface area contributed by atoms with Crippen LogP contribution >= 0.6 is 11.3 Å². The molecule has 0 bridgehead atoms. The minimum absolute atomic E-state index is 0.373. The number of thiazole rings is 1. The third-order valence-electron chi connectivity index (χ3n) is 3.34. The third-order valence-corrected chi connectivity index (χ3v) is 4.07. The molecule has 3 N–H and O–H groups in total. The minimum atomic E-state index is -0.465. The number of nitrogens with one attached hydrogen (secondary N) is 1. The summed E-state index contributed by atoms with van der Waals surface area (Å²) in [5, 5.41) is 5.40. The maximum atomic E-state index is 11.6. The van der Waals surface area contributed by atoms with Gasteiger partial charge in [-0.05, 0) is 51.2 Å². The number of aryl methyl sites for hydroxylation is 2. The molecule has 0 atom stereocenters. The Hall–Kier alpha value is -2.08. The van der Waals surface area contributed by atoms with E-state index in [1.165, 1.54) is 22.5 Å². The highest BCUT2D eigenvalue weighted by molar-refractivity contribution is 7.13. The second-order valence-electron chi connectivity index (χ2n) is 6.67. The average molecular weight is 347 g/mol. The number of ether oxygens (including phenoxy) is 1. The molecule has 1 amide bonds. The topological polar surface area (TPSA) is 77.2 Å². The molecule has 0 unspecified atom stereocenters. The number of nitrogens with two attached hydrogens (primary N) is 1. The lowest BCUT2D eigenvalue weighted by Crippen LogP contribution is -2.33. The molecule has 0 aliphatic heterocycles. The molecule has 0 aliphatic rings. The maximum Gasteiger partial charge on any atom is 0.407 e. The Morgan fingerprint density at radius 3 is 2.33 bits per heavy atom. The number of rotatable bonds is 6. The molecule has 2 rings (SSSR count). The highest BCUT2D eigenvalue weighted by Gasteiger charge is 2.15. The molecule has 1 heterocycles. The van der Waals surface area contributed by atoms with Crippen LogP contribution in [0.2, 0.25) is 0 Å². The number of benzene rings is 1. The van der Waals surface area contributed by atoms with Crippen molar-refractivity contribution in [2.24, 2.45) is 0 Å². The molecular weight excluding hydrogens is 322 g/mol. The van der Waals surface area contributed by atoms with Gasteiger partial charge in [-0.3, -0.25) is 0 Å². The Kier molecular flexibility index (Phi) is 6.20. The van der Waals surface area contributed by atoms with Gasteiger partial charge in [0, 0.05) is 11.9 Å². The van der Waals surface area contributed by atoms with E-state index in [4.69, 9.17) is 10.5 Å². The van der Waals surface area contributed by atoms with Crippen molar-refractivity contribution in [1.82, 2.24) is 10.3 Å². The molecule has 1 aromatic heterocycles. The smallest absolute Gasteiger partial charge is 0.407 e. The number of carbonyl (C=O) groups is 1. The number of amides is 1. The molecule has 6 heteroatoms. The summed E-state index contributed by atoms with van der Waals surface area (Å²) in [6.45, 7) is 6.12. The fourth-order valence-electron chi connectivity index (χ4n) is 2.21. The number of alkyl carbamates (subject to hydrolysis) is 1. The normalized spacial score (nSPS) is 11.3. The number of nitrogens with zero attached hydrogens (tertiary/aromatic N) is 1. The standard InChI is InChI=1S/C18H25N3O2S/c1-18(2,3)23-17(22)20-11-10-14-6-4-13(5-7-14)8-9-15-12-24-16(19)21-15/h4-7,12H,8-11H2,1-3H3,(H2,19,21)(H,20,22). The molecule has 2 aromatic rings. The number of hydrogen-bond acceptors (Lipinski definition) is 5. The first-order valence-electron chi connectivity index (χ1n) is 8.06. The number of carbonyl (C=O) groups excluding carboxylic acids is 1.